The number of oxime groups is 1. The van der Waals surface area contributed by atoms with E-state index in [1.165, 1.54) is 0 Å². The quantitative estimate of drug-likeness (QED) is 0.626. The number of likely N-dealkylation sites (tertiary alicyclic amines) is 1. The van der Waals surface area contributed by atoms with Crippen molar-refractivity contribution in [2.75, 3.05) is 13.1 Å². The third-order valence-corrected chi connectivity index (χ3v) is 4.20. The van der Waals surface area contributed by atoms with E-state index in [0.29, 0.717) is 30.1 Å². The molecule has 0 aromatic heterocycles. The van der Waals surface area contributed by atoms with Crippen LogP contribution in [0.25, 0.3) is 0 Å². The van der Waals surface area contributed by atoms with E-state index in [1.807, 2.05) is 6.92 Å². The number of rotatable bonds is 1. The number of benzene rings is 1. The molecule has 1 aromatic rings. The summed E-state index contributed by atoms with van der Waals surface area (Å²) in [5.41, 5.74) is 1.30. The van der Waals surface area contributed by atoms with Crippen LogP contribution < -0.4 is 0 Å². The van der Waals surface area contributed by atoms with Crippen LogP contribution in [0.2, 0.25) is 5.02 Å². The zero-order valence-corrected chi connectivity index (χ0v) is 12.8. The van der Waals surface area contributed by atoms with Gasteiger partial charge in [-0.2, -0.15) is 0 Å². The van der Waals surface area contributed by atoms with Crippen LogP contribution in [0.5, 0.6) is 0 Å². The van der Waals surface area contributed by atoms with E-state index in [1.54, 1.807) is 23.1 Å². The second-order valence-corrected chi connectivity index (χ2v) is 5.91. The van der Waals surface area contributed by atoms with E-state index >= 15 is 0 Å². The standard InChI is InChI=1S/C13H14BrClN2O2/c1-8-7-17(5-4-12(8)16-19)13(18)10-6-9(15)2-3-11(10)14/h2-3,6,8,19H,4-5,7H2,1H3/b16-12+. The van der Waals surface area contributed by atoms with Crippen LogP contribution >= 0.6 is 27.5 Å². The lowest BCUT2D eigenvalue weighted by atomic mass is 9.97. The lowest BCUT2D eigenvalue weighted by Crippen LogP contribution is -2.43. The highest BCUT2D eigenvalue weighted by molar-refractivity contribution is 9.10. The molecular formula is C13H14BrClN2O2. The SMILES string of the molecule is CC1CN(C(=O)c2cc(Cl)ccc2Br)CC/C1=N\O. The zero-order valence-electron chi connectivity index (χ0n) is 10.4. The molecule has 102 valence electrons. The Labute approximate surface area is 125 Å². The van der Waals surface area contributed by atoms with Crippen LogP contribution in [0.15, 0.2) is 27.8 Å². The van der Waals surface area contributed by atoms with Crippen molar-refractivity contribution in [3.05, 3.63) is 33.3 Å². The van der Waals surface area contributed by atoms with E-state index in [9.17, 15) is 4.79 Å². The molecule has 1 heterocycles. The molecular weight excluding hydrogens is 332 g/mol. The average Bonchev–Trinajstić information content (AvgIpc) is 2.40. The van der Waals surface area contributed by atoms with E-state index in [2.05, 4.69) is 21.1 Å². The summed E-state index contributed by atoms with van der Waals surface area (Å²) < 4.78 is 0.733. The number of halogens is 2. The van der Waals surface area contributed by atoms with Crippen molar-refractivity contribution in [2.24, 2.45) is 11.1 Å². The molecule has 1 amide bonds. The summed E-state index contributed by atoms with van der Waals surface area (Å²) in [7, 11) is 0. The molecule has 2 rings (SSSR count). The highest BCUT2D eigenvalue weighted by Gasteiger charge is 2.27. The number of amides is 1. The van der Waals surface area contributed by atoms with Crippen LogP contribution in [0.3, 0.4) is 0 Å². The third-order valence-electron chi connectivity index (χ3n) is 3.28. The molecule has 1 aliphatic heterocycles. The van der Waals surface area contributed by atoms with Crippen LogP contribution in [0.4, 0.5) is 0 Å². The third kappa shape index (κ3) is 3.09. The topological polar surface area (TPSA) is 52.9 Å². The summed E-state index contributed by atoms with van der Waals surface area (Å²) in [4.78, 5) is 14.2. The highest BCUT2D eigenvalue weighted by Crippen LogP contribution is 2.24. The smallest absolute Gasteiger partial charge is 0.255 e. The summed E-state index contributed by atoms with van der Waals surface area (Å²) in [6.45, 7) is 3.06. The van der Waals surface area contributed by atoms with Gasteiger partial charge < -0.3 is 10.1 Å². The highest BCUT2D eigenvalue weighted by atomic mass is 79.9. The summed E-state index contributed by atoms with van der Waals surface area (Å²) in [5.74, 6) is 0.0128. The fraction of sp³-hybridized carbons (Fsp3) is 0.385. The van der Waals surface area contributed by atoms with E-state index < -0.39 is 0 Å². The van der Waals surface area contributed by atoms with Gasteiger partial charge in [0.15, 0.2) is 0 Å². The summed E-state index contributed by atoms with van der Waals surface area (Å²) in [6.07, 6.45) is 0.599. The minimum atomic E-state index is -0.0572. The van der Waals surface area contributed by atoms with Crippen LogP contribution in [0, 0.1) is 5.92 Å². The predicted octanol–water partition coefficient (Wildman–Crippen LogP) is 3.41. The molecule has 1 fully saturated rings. The van der Waals surface area contributed by atoms with Crippen molar-refractivity contribution in [1.29, 1.82) is 0 Å². The molecule has 0 aliphatic carbocycles. The molecule has 0 saturated carbocycles. The van der Waals surface area contributed by atoms with Gasteiger partial charge in [0.05, 0.1) is 11.3 Å². The normalized spacial score (nSPS) is 21.7. The minimum Gasteiger partial charge on any atom is -0.411 e. The first kappa shape index (κ1) is 14.3. The van der Waals surface area contributed by atoms with Crippen molar-refractivity contribution < 1.29 is 10.0 Å². The van der Waals surface area contributed by atoms with Gasteiger partial charge in [-0.1, -0.05) is 23.7 Å². The first-order chi connectivity index (χ1) is 9.02. The van der Waals surface area contributed by atoms with Crippen molar-refractivity contribution in [2.45, 2.75) is 13.3 Å². The van der Waals surface area contributed by atoms with Crippen molar-refractivity contribution in [1.82, 2.24) is 4.90 Å². The monoisotopic (exact) mass is 344 g/mol. The van der Waals surface area contributed by atoms with E-state index in [4.69, 9.17) is 16.8 Å². The van der Waals surface area contributed by atoms with Crippen LogP contribution in [-0.2, 0) is 0 Å². The van der Waals surface area contributed by atoms with Crippen LogP contribution in [-0.4, -0.2) is 34.8 Å². The Morgan fingerprint density at radius 1 is 1.58 bits per heavy atom. The second-order valence-electron chi connectivity index (χ2n) is 4.62. The first-order valence-corrected chi connectivity index (χ1v) is 7.15. The van der Waals surface area contributed by atoms with Gasteiger partial charge in [0.1, 0.15) is 0 Å². The molecule has 1 saturated heterocycles. The molecule has 1 aromatic carbocycles. The minimum absolute atomic E-state index is 0.0572. The van der Waals surface area contributed by atoms with Gasteiger partial charge in [-0.15, -0.1) is 0 Å². The lowest BCUT2D eigenvalue weighted by molar-refractivity contribution is 0.0733. The number of hydrogen-bond acceptors (Lipinski definition) is 3. The molecule has 0 spiro atoms. The van der Waals surface area contributed by atoms with Crippen molar-refractivity contribution >= 4 is 39.1 Å². The van der Waals surface area contributed by atoms with Gasteiger partial charge in [0.25, 0.3) is 5.91 Å². The Kier molecular flexibility index (Phi) is 4.47. The second kappa shape index (κ2) is 5.92. The van der Waals surface area contributed by atoms with Gasteiger partial charge in [-0.25, -0.2) is 0 Å². The number of nitrogens with zero attached hydrogens (tertiary/aromatic N) is 2. The summed E-state index contributed by atoms with van der Waals surface area (Å²) in [6, 6.07) is 5.16. The molecule has 1 unspecified atom stereocenters. The maximum absolute atomic E-state index is 12.4. The number of piperidine rings is 1. The van der Waals surface area contributed by atoms with E-state index in [0.717, 1.165) is 10.2 Å². The Balaban J connectivity index is 2.19. The molecule has 19 heavy (non-hydrogen) atoms. The molecule has 1 N–H and O–H groups in total. The molecule has 1 atom stereocenters. The first-order valence-electron chi connectivity index (χ1n) is 5.98. The predicted molar refractivity (Wildman–Crippen MR) is 78.1 cm³/mol. The molecule has 0 bridgehead atoms. The van der Waals surface area contributed by atoms with Crippen molar-refractivity contribution in [3.8, 4) is 0 Å². The zero-order chi connectivity index (χ0) is 14.0. The molecule has 0 radical (unpaired) electrons. The van der Waals surface area contributed by atoms with Crippen LogP contribution in [0.1, 0.15) is 23.7 Å². The average molecular weight is 346 g/mol. The molecule has 1 aliphatic rings. The van der Waals surface area contributed by atoms with Gasteiger partial charge in [0.2, 0.25) is 0 Å². The van der Waals surface area contributed by atoms with Gasteiger partial charge in [0, 0.05) is 34.9 Å². The maximum atomic E-state index is 12.4. The maximum Gasteiger partial charge on any atom is 0.255 e. The number of carbonyl (C=O) groups is 1. The molecule has 4 nitrogen and oxygen atoms in total. The summed E-state index contributed by atoms with van der Waals surface area (Å²) >= 11 is 9.30. The Morgan fingerprint density at radius 2 is 2.32 bits per heavy atom. The van der Waals surface area contributed by atoms with E-state index in [-0.39, 0.29) is 11.8 Å². The van der Waals surface area contributed by atoms with Gasteiger partial charge in [-0.3, -0.25) is 4.79 Å². The Hall–Kier alpha value is -1.07. The number of hydrogen-bond donors (Lipinski definition) is 1. The summed E-state index contributed by atoms with van der Waals surface area (Å²) in [5, 5.41) is 12.7. The van der Waals surface area contributed by atoms with Gasteiger partial charge in [-0.05, 0) is 34.1 Å². The lowest BCUT2D eigenvalue weighted by Gasteiger charge is -2.31. The Morgan fingerprint density at radius 3 is 2.95 bits per heavy atom. The van der Waals surface area contributed by atoms with Crippen molar-refractivity contribution in [3.63, 3.8) is 0 Å². The van der Waals surface area contributed by atoms with Gasteiger partial charge >= 0.3 is 0 Å². The Bertz CT molecular complexity index is 533. The number of carbonyl (C=O) groups excluding carboxylic acids is 1. The fourth-order valence-electron chi connectivity index (χ4n) is 2.19. The largest absolute Gasteiger partial charge is 0.411 e. The molecule has 6 heteroatoms. The fourth-order valence-corrected chi connectivity index (χ4v) is 2.78.